The van der Waals surface area contributed by atoms with Gasteiger partial charge in [0.2, 0.25) is 0 Å². The number of hydrogen-bond acceptors (Lipinski definition) is 3. The number of urea groups is 1. The maximum Gasteiger partial charge on any atom is 0.309 e. The van der Waals surface area contributed by atoms with Crippen LogP contribution in [0.1, 0.15) is 0 Å². The number of hydrogen-bond donors (Lipinski definition) is 3. The molecule has 6 nitrogen and oxygen atoms in total. The molecular formula is C7H9N5O. The minimum absolute atomic E-state index is 0.833. The molecule has 0 saturated carbocycles. The molecule has 0 atom stereocenters. The van der Waals surface area contributed by atoms with Crippen LogP contribution in [-0.4, -0.2) is 21.2 Å². The maximum atomic E-state index is 9.00. The van der Waals surface area contributed by atoms with Gasteiger partial charge in [-0.25, -0.2) is 9.78 Å². The van der Waals surface area contributed by atoms with E-state index in [1.165, 1.54) is 0 Å². The number of primary amides is 2. The predicted molar refractivity (Wildman–Crippen MR) is 47.7 cm³/mol. The fraction of sp³-hybridized carbons (Fsp3) is 0. The van der Waals surface area contributed by atoms with Gasteiger partial charge in [-0.3, -0.25) is 5.10 Å². The average molecular weight is 179 g/mol. The highest BCUT2D eigenvalue weighted by atomic mass is 16.2. The average Bonchev–Trinajstić information content (AvgIpc) is 2.49. The lowest BCUT2D eigenvalue weighted by Gasteiger charge is -1.80. The topological polar surface area (TPSA) is 111 Å². The molecule has 13 heavy (non-hydrogen) atoms. The van der Waals surface area contributed by atoms with Crippen LogP contribution in [0.15, 0.2) is 24.5 Å². The Morgan fingerprint density at radius 1 is 1.46 bits per heavy atom. The van der Waals surface area contributed by atoms with Crippen molar-refractivity contribution in [3.05, 3.63) is 24.5 Å². The number of carbonyl (C=O) groups excluding carboxylic acids is 1. The molecule has 0 fully saturated rings. The van der Waals surface area contributed by atoms with E-state index in [2.05, 4.69) is 26.6 Å². The van der Waals surface area contributed by atoms with E-state index >= 15 is 0 Å². The van der Waals surface area contributed by atoms with Crippen LogP contribution in [0.25, 0.3) is 11.0 Å². The SMILES string of the molecule is NC(N)=O.c1cnc2[nH]ncc2c1. The Kier molecular flexibility index (Phi) is 2.80. The number of nitrogens with zero attached hydrogens (tertiary/aromatic N) is 2. The molecule has 0 aliphatic rings. The quantitative estimate of drug-likeness (QED) is 0.528. The van der Waals surface area contributed by atoms with Gasteiger partial charge in [0.05, 0.1) is 6.20 Å². The van der Waals surface area contributed by atoms with Crippen LogP contribution in [0, 0.1) is 0 Å². The van der Waals surface area contributed by atoms with Gasteiger partial charge in [0.15, 0.2) is 5.65 Å². The number of nitrogens with two attached hydrogens (primary N) is 2. The van der Waals surface area contributed by atoms with E-state index in [-0.39, 0.29) is 0 Å². The summed E-state index contributed by atoms with van der Waals surface area (Å²) in [6.07, 6.45) is 3.49. The fourth-order valence-electron chi connectivity index (χ4n) is 0.778. The van der Waals surface area contributed by atoms with E-state index in [0.29, 0.717) is 0 Å². The molecule has 2 aromatic rings. The maximum absolute atomic E-state index is 9.00. The summed E-state index contributed by atoms with van der Waals surface area (Å²) in [6, 6.07) is 3.02. The lowest BCUT2D eigenvalue weighted by atomic mass is 10.4. The Morgan fingerprint density at radius 3 is 2.77 bits per heavy atom. The number of amides is 2. The Balaban J connectivity index is 0.000000184. The number of pyridine rings is 1. The molecule has 2 aromatic heterocycles. The lowest BCUT2D eigenvalue weighted by molar-refractivity contribution is 0.256. The molecule has 0 unspecified atom stereocenters. The Morgan fingerprint density at radius 2 is 2.15 bits per heavy atom. The fourth-order valence-corrected chi connectivity index (χ4v) is 0.778. The first-order chi connectivity index (χ1) is 6.20. The molecule has 0 aliphatic carbocycles. The third-order valence-electron chi connectivity index (χ3n) is 1.21. The van der Waals surface area contributed by atoms with Crippen LogP contribution in [-0.2, 0) is 0 Å². The first-order valence-electron chi connectivity index (χ1n) is 3.49. The van der Waals surface area contributed by atoms with E-state index in [4.69, 9.17) is 4.79 Å². The van der Waals surface area contributed by atoms with Crippen LogP contribution in [0.4, 0.5) is 4.79 Å². The van der Waals surface area contributed by atoms with E-state index < -0.39 is 6.03 Å². The van der Waals surface area contributed by atoms with E-state index in [1.54, 1.807) is 12.4 Å². The van der Waals surface area contributed by atoms with Gasteiger partial charge in [-0.1, -0.05) is 0 Å². The van der Waals surface area contributed by atoms with Gasteiger partial charge in [0, 0.05) is 11.6 Å². The number of rotatable bonds is 0. The summed E-state index contributed by atoms with van der Waals surface area (Å²) in [4.78, 5) is 13.0. The van der Waals surface area contributed by atoms with Gasteiger partial charge in [0.25, 0.3) is 0 Å². The summed E-state index contributed by atoms with van der Waals surface area (Å²) >= 11 is 0. The summed E-state index contributed by atoms with van der Waals surface area (Å²) in [5, 5.41) is 7.63. The molecular weight excluding hydrogens is 170 g/mol. The molecule has 68 valence electrons. The molecule has 2 heterocycles. The molecule has 0 aromatic carbocycles. The van der Waals surface area contributed by atoms with Crippen molar-refractivity contribution in [3.63, 3.8) is 0 Å². The van der Waals surface area contributed by atoms with Crippen molar-refractivity contribution in [2.45, 2.75) is 0 Å². The number of carbonyl (C=O) groups is 1. The van der Waals surface area contributed by atoms with Crippen molar-refractivity contribution in [2.75, 3.05) is 0 Å². The zero-order valence-electron chi connectivity index (χ0n) is 6.77. The molecule has 0 aliphatic heterocycles. The molecule has 0 bridgehead atoms. The Bertz CT molecular complexity index is 362. The Labute approximate surface area is 73.9 Å². The first kappa shape index (κ1) is 8.98. The van der Waals surface area contributed by atoms with Crippen molar-refractivity contribution < 1.29 is 4.79 Å². The molecule has 0 spiro atoms. The molecule has 5 N–H and O–H groups in total. The third-order valence-corrected chi connectivity index (χ3v) is 1.21. The van der Waals surface area contributed by atoms with Gasteiger partial charge < -0.3 is 11.5 Å². The minimum atomic E-state index is -0.833. The summed E-state index contributed by atoms with van der Waals surface area (Å²) in [6.45, 7) is 0. The zero-order valence-corrected chi connectivity index (χ0v) is 6.77. The summed E-state index contributed by atoms with van der Waals surface area (Å²) in [7, 11) is 0. The largest absolute Gasteiger partial charge is 0.352 e. The minimum Gasteiger partial charge on any atom is -0.352 e. The third kappa shape index (κ3) is 2.78. The van der Waals surface area contributed by atoms with Crippen molar-refractivity contribution in [1.82, 2.24) is 15.2 Å². The molecule has 0 radical (unpaired) electrons. The highest BCUT2D eigenvalue weighted by Crippen LogP contribution is 2.03. The van der Waals surface area contributed by atoms with Gasteiger partial charge in [-0.15, -0.1) is 0 Å². The molecule has 2 amide bonds. The van der Waals surface area contributed by atoms with E-state index in [1.807, 2.05) is 12.1 Å². The second kappa shape index (κ2) is 4.05. The standard InChI is InChI=1S/C6H5N3.CH4N2O/c1-2-5-4-8-9-6(5)7-3-1;2-1(3)4/h1-4H,(H,7,8,9);(H4,2,3,4). The molecule has 2 rings (SSSR count). The van der Waals surface area contributed by atoms with Gasteiger partial charge >= 0.3 is 6.03 Å². The van der Waals surface area contributed by atoms with E-state index in [0.717, 1.165) is 11.0 Å². The van der Waals surface area contributed by atoms with Gasteiger partial charge in [0.1, 0.15) is 0 Å². The number of aromatic amines is 1. The van der Waals surface area contributed by atoms with Crippen LogP contribution in [0.5, 0.6) is 0 Å². The molecule has 6 heteroatoms. The van der Waals surface area contributed by atoms with Crippen LogP contribution in [0.2, 0.25) is 0 Å². The van der Waals surface area contributed by atoms with Crippen LogP contribution >= 0.6 is 0 Å². The summed E-state index contributed by atoms with van der Waals surface area (Å²) in [5.74, 6) is 0. The molecule has 0 saturated heterocycles. The summed E-state index contributed by atoms with van der Waals surface area (Å²) < 4.78 is 0. The van der Waals surface area contributed by atoms with Crippen molar-refractivity contribution in [2.24, 2.45) is 11.5 Å². The van der Waals surface area contributed by atoms with Crippen molar-refractivity contribution in [3.8, 4) is 0 Å². The summed E-state index contributed by atoms with van der Waals surface area (Å²) in [5.41, 5.74) is 9.34. The second-order valence-corrected chi connectivity index (χ2v) is 2.21. The number of nitrogens with one attached hydrogen (secondary N) is 1. The normalized spacial score (nSPS) is 8.92. The number of fused-ring (bicyclic) bond motifs is 1. The van der Waals surface area contributed by atoms with Gasteiger partial charge in [-0.2, -0.15) is 5.10 Å². The Hall–Kier alpha value is -2.11. The predicted octanol–water partition coefficient (Wildman–Crippen LogP) is -0.0183. The monoisotopic (exact) mass is 179 g/mol. The number of aromatic nitrogens is 3. The van der Waals surface area contributed by atoms with Gasteiger partial charge in [-0.05, 0) is 12.1 Å². The van der Waals surface area contributed by atoms with Crippen LogP contribution in [0.3, 0.4) is 0 Å². The smallest absolute Gasteiger partial charge is 0.309 e. The highest BCUT2D eigenvalue weighted by molar-refractivity contribution is 5.72. The highest BCUT2D eigenvalue weighted by Gasteiger charge is 1.89. The first-order valence-corrected chi connectivity index (χ1v) is 3.49. The van der Waals surface area contributed by atoms with E-state index in [9.17, 15) is 0 Å². The lowest BCUT2D eigenvalue weighted by Crippen LogP contribution is -2.18. The van der Waals surface area contributed by atoms with Crippen LogP contribution < -0.4 is 11.5 Å². The number of H-pyrrole nitrogens is 1. The second-order valence-electron chi connectivity index (χ2n) is 2.21. The van der Waals surface area contributed by atoms with Crippen molar-refractivity contribution in [1.29, 1.82) is 0 Å². The zero-order chi connectivity index (χ0) is 9.68. The van der Waals surface area contributed by atoms with Crippen molar-refractivity contribution >= 4 is 17.1 Å².